The van der Waals surface area contributed by atoms with E-state index in [0.29, 0.717) is 0 Å². The molecule has 0 aromatic heterocycles. The fourth-order valence-corrected chi connectivity index (χ4v) is 2.07. The molecule has 5 nitrogen and oxygen atoms in total. The molecule has 0 spiro atoms. The zero-order valence-electron chi connectivity index (χ0n) is 11.0. The summed E-state index contributed by atoms with van der Waals surface area (Å²) >= 11 is 2.20. The van der Waals surface area contributed by atoms with Crippen LogP contribution in [0.1, 0.15) is 11.7 Å². The molecule has 0 heterocycles. The molecule has 2 atom stereocenters. The number of halogens is 1. The second-order valence-corrected chi connectivity index (χ2v) is 5.17. The summed E-state index contributed by atoms with van der Waals surface area (Å²) in [7, 11) is 2.94. The molecule has 1 aromatic carbocycles. The second kappa shape index (κ2) is 8.83. The molecule has 0 aliphatic rings. The van der Waals surface area contributed by atoms with Gasteiger partial charge in [0.05, 0.1) is 13.2 Å². The summed E-state index contributed by atoms with van der Waals surface area (Å²) in [6.45, 7) is -0.440. The lowest BCUT2D eigenvalue weighted by Crippen LogP contribution is -2.37. The molecule has 0 radical (unpaired) electrons. The number of aliphatic hydroxyl groups excluding tert-OH is 2. The van der Waals surface area contributed by atoms with Gasteiger partial charge in [-0.15, -0.1) is 0 Å². The van der Waals surface area contributed by atoms with Crippen LogP contribution in [-0.2, 0) is 14.2 Å². The maximum atomic E-state index is 9.43. The van der Waals surface area contributed by atoms with Gasteiger partial charge in [0.25, 0.3) is 0 Å². The lowest BCUT2D eigenvalue weighted by molar-refractivity contribution is -0.208. The Morgan fingerprint density at radius 1 is 1.05 bits per heavy atom. The van der Waals surface area contributed by atoms with Gasteiger partial charge in [0.15, 0.2) is 6.29 Å². The van der Waals surface area contributed by atoms with Gasteiger partial charge in [-0.1, -0.05) is 12.1 Å². The van der Waals surface area contributed by atoms with Crippen LogP contribution in [0.3, 0.4) is 0 Å². The van der Waals surface area contributed by atoms with Crippen molar-refractivity contribution >= 4 is 22.6 Å². The quantitative estimate of drug-likeness (QED) is 0.525. The van der Waals surface area contributed by atoms with E-state index in [1.165, 1.54) is 14.2 Å². The first-order chi connectivity index (χ1) is 9.15. The molecule has 108 valence electrons. The molecule has 1 rings (SSSR count). The molecule has 0 saturated carbocycles. The molecule has 1 aromatic rings. The van der Waals surface area contributed by atoms with Crippen molar-refractivity contribution < 1.29 is 24.4 Å². The molecule has 0 unspecified atom stereocenters. The summed E-state index contributed by atoms with van der Waals surface area (Å²) in [4.78, 5) is 0. The van der Waals surface area contributed by atoms with Crippen LogP contribution in [0, 0.1) is 3.57 Å². The highest BCUT2D eigenvalue weighted by molar-refractivity contribution is 14.1. The van der Waals surface area contributed by atoms with E-state index in [4.69, 9.17) is 14.2 Å². The Balaban J connectivity index is 2.76. The Kier molecular flexibility index (Phi) is 7.81. The third-order valence-electron chi connectivity index (χ3n) is 2.69. The maximum Gasteiger partial charge on any atom is 0.185 e. The van der Waals surface area contributed by atoms with Gasteiger partial charge < -0.3 is 24.4 Å². The molecule has 19 heavy (non-hydrogen) atoms. The van der Waals surface area contributed by atoms with Crippen molar-refractivity contribution in [3.05, 3.63) is 33.4 Å². The lowest BCUT2D eigenvalue weighted by atomic mass is 10.1. The highest BCUT2D eigenvalue weighted by Gasteiger charge is 2.25. The molecule has 0 saturated heterocycles. The maximum absolute atomic E-state index is 9.43. The van der Waals surface area contributed by atoms with Gasteiger partial charge in [0.2, 0.25) is 0 Å². The van der Waals surface area contributed by atoms with Crippen LogP contribution in [0.2, 0.25) is 0 Å². The number of benzene rings is 1. The van der Waals surface area contributed by atoms with E-state index in [1.807, 2.05) is 24.3 Å². The van der Waals surface area contributed by atoms with Gasteiger partial charge in [-0.25, -0.2) is 0 Å². The average molecular weight is 382 g/mol. The molecule has 0 aliphatic carbocycles. The first-order valence-electron chi connectivity index (χ1n) is 5.84. The van der Waals surface area contributed by atoms with Gasteiger partial charge in [0, 0.05) is 17.8 Å². The van der Waals surface area contributed by atoms with E-state index in [9.17, 15) is 10.2 Å². The van der Waals surface area contributed by atoms with E-state index >= 15 is 0 Å². The summed E-state index contributed by atoms with van der Waals surface area (Å²) in [5.41, 5.74) is 0.840. The van der Waals surface area contributed by atoms with Crippen molar-refractivity contribution in [3.63, 3.8) is 0 Å². The van der Waals surface area contributed by atoms with E-state index in [-0.39, 0.29) is 13.2 Å². The Morgan fingerprint density at radius 2 is 1.63 bits per heavy atom. The fraction of sp³-hybridized carbons (Fsp3) is 0.538. The first-order valence-corrected chi connectivity index (χ1v) is 6.92. The van der Waals surface area contributed by atoms with Crippen molar-refractivity contribution in [2.24, 2.45) is 0 Å². The monoisotopic (exact) mass is 382 g/mol. The predicted octanol–water partition coefficient (Wildman–Crippen LogP) is 1.32. The van der Waals surface area contributed by atoms with Crippen LogP contribution in [-0.4, -0.2) is 50.0 Å². The number of aliphatic hydroxyl groups is 2. The molecular formula is C13H19IO5. The topological polar surface area (TPSA) is 68.2 Å². The summed E-state index contributed by atoms with van der Waals surface area (Å²) < 4.78 is 16.9. The molecule has 0 amide bonds. The van der Waals surface area contributed by atoms with Gasteiger partial charge in [-0.2, -0.15) is 0 Å². The molecule has 0 aliphatic heterocycles. The normalized spacial score (nSPS) is 14.6. The van der Waals surface area contributed by atoms with Crippen molar-refractivity contribution in [2.75, 3.05) is 27.4 Å². The minimum Gasteiger partial charge on any atom is -0.393 e. The predicted molar refractivity (Wildman–Crippen MR) is 78.8 cm³/mol. The highest BCUT2D eigenvalue weighted by Crippen LogP contribution is 2.21. The average Bonchev–Trinajstić information content (AvgIpc) is 2.45. The van der Waals surface area contributed by atoms with E-state index in [2.05, 4.69) is 22.6 Å². The standard InChI is InChI=1S/C13H19IO5/c1-17-13(18-2)12(8-16)19-11(7-15)9-3-5-10(14)6-4-9/h3-6,11-13,15-16H,7-8H2,1-2H3/t11-,12+/m1/s1. The number of methoxy groups -OCH3 is 2. The smallest absolute Gasteiger partial charge is 0.185 e. The van der Waals surface area contributed by atoms with Crippen LogP contribution in [0.25, 0.3) is 0 Å². The van der Waals surface area contributed by atoms with Crippen molar-refractivity contribution in [1.82, 2.24) is 0 Å². The number of hydrogen-bond acceptors (Lipinski definition) is 5. The summed E-state index contributed by atoms with van der Waals surface area (Å²) in [5, 5.41) is 18.8. The number of ether oxygens (including phenoxy) is 3. The fourth-order valence-electron chi connectivity index (χ4n) is 1.71. The summed E-state index contributed by atoms with van der Waals surface area (Å²) in [6, 6.07) is 7.62. The second-order valence-electron chi connectivity index (χ2n) is 3.92. The summed E-state index contributed by atoms with van der Waals surface area (Å²) in [5.74, 6) is 0. The Morgan fingerprint density at radius 3 is 2.05 bits per heavy atom. The Labute approximate surface area is 126 Å². The molecular weight excluding hydrogens is 363 g/mol. The zero-order valence-corrected chi connectivity index (χ0v) is 13.1. The SMILES string of the molecule is COC(OC)[C@H](CO)O[C@H](CO)c1ccc(I)cc1. The minimum absolute atomic E-state index is 0.183. The minimum atomic E-state index is -0.678. The lowest BCUT2D eigenvalue weighted by Gasteiger charge is -2.27. The van der Waals surface area contributed by atoms with Crippen LogP contribution in [0.4, 0.5) is 0 Å². The first kappa shape index (κ1) is 16.8. The summed E-state index contributed by atoms with van der Waals surface area (Å²) in [6.07, 6.45) is -1.86. The van der Waals surface area contributed by atoms with Crippen LogP contribution >= 0.6 is 22.6 Å². The van der Waals surface area contributed by atoms with Crippen LogP contribution in [0.5, 0.6) is 0 Å². The number of rotatable bonds is 8. The van der Waals surface area contributed by atoms with Gasteiger partial charge in [-0.05, 0) is 40.3 Å². The van der Waals surface area contributed by atoms with Crippen LogP contribution in [0.15, 0.2) is 24.3 Å². The van der Waals surface area contributed by atoms with Gasteiger partial charge in [-0.3, -0.25) is 0 Å². The van der Waals surface area contributed by atoms with Crippen molar-refractivity contribution in [3.8, 4) is 0 Å². The molecule has 0 bridgehead atoms. The Bertz CT molecular complexity index is 353. The number of hydrogen-bond donors (Lipinski definition) is 2. The largest absolute Gasteiger partial charge is 0.393 e. The van der Waals surface area contributed by atoms with E-state index in [0.717, 1.165) is 9.13 Å². The third-order valence-corrected chi connectivity index (χ3v) is 3.41. The molecule has 6 heteroatoms. The highest BCUT2D eigenvalue weighted by atomic mass is 127. The van der Waals surface area contributed by atoms with Crippen molar-refractivity contribution in [2.45, 2.75) is 18.5 Å². The molecule has 0 fully saturated rings. The molecule has 2 N–H and O–H groups in total. The van der Waals surface area contributed by atoms with Crippen LogP contribution < -0.4 is 0 Å². The van der Waals surface area contributed by atoms with Gasteiger partial charge in [0.1, 0.15) is 12.2 Å². The third kappa shape index (κ3) is 4.97. The Hall–Kier alpha value is -0.250. The van der Waals surface area contributed by atoms with Gasteiger partial charge >= 0.3 is 0 Å². The van der Waals surface area contributed by atoms with E-state index < -0.39 is 18.5 Å². The van der Waals surface area contributed by atoms with E-state index in [1.54, 1.807) is 0 Å². The zero-order chi connectivity index (χ0) is 14.3. The van der Waals surface area contributed by atoms with Crippen molar-refractivity contribution in [1.29, 1.82) is 0 Å².